The predicted molar refractivity (Wildman–Crippen MR) is 129 cm³/mol. The van der Waals surface area contributed by atoms with Crippen LogP contribution in [0.15, 0.2) is 43.0 Å². The van der Waals surface area contributed by atoms with Crippen LogP contribution in [0.1, 0.15) is 36.8 Å². The van der Waals surface area contributed by atoms with Crippen LogP contribution in [-0.4, -0.2) is 20.7 Å². The van der Waals surface area contributed by atoms with Crippen molar-refractivity contribution in [3.05, 3.63) is 54.1 Å². The third kappa shape index (κ3) is 12.1. The fourth-order valence-corrected chi connectivity index (χ4v) is 5.86. The minimum absolute atomic E-state index is 0. The van der Waals surface area contributed by atoms with E-state index in [4.69, 9.17) is 0 Å². The van der Waals surface area contributed by atoms with Crippen molar-refractivity contribution in [2.24, 2.45) is 0 Å². The van der Waals surface area contributed by atoms with Crippen LogP contribution < -0.4 is 28.5 Å². The van der Waals surface area contributed by atoms with E-state index in [1.807, 2.05) is 0 Å². The Bertz CT molecular complexity index is 697. The van der Waals surface area contributed by atoms with E-state index >= 15 is 0 Å². The first-order chi connectivity index (χ1) is 13.1. The SMILES string of the molecule is C[Si](C)(C)CCCCCCn1cc[n+](Cc2ccc(CC[Si](C)(C)C)cc2)c1.[I-]. The third-order valence-corrected chi connectivity index (χ3v) is 8.99. The second-order valence-corrected chi connectivity index (χ2v) is 22.2. The zero-order valence-corrected chi connectivity index (χ0v) is 23.8. The minimum Gasteiger partial charge on any atom is -1.00 e. The first kappa shape index (κ1) is 26.6. The molecule has 0 unspecified atom stereocenters. The summed E-state index contributed by atoms with van der Waals surface area (Å²) in [6.07, 6.45) is 13.4. The van der Waals surface area contributed by atoms with E-state index in [1.165, 1.54) is 55.3 Å². The third-order valence-electron chi connectivity index (χ3n) is 5.39. The molecule has 2 nitrogen and oxygen atoms in total. The predicted octanol–water partition coefficient (Wildman–Crippen LogP) is 3.61. The zero-order valence-electron chi connectivity index (χ0n) is 19.7. The Morgan fingerprint density at radius 1 is 0.759 bits per heavy atom. The van der Waals surface area contributed by atoms with Crippen LogP contribution in [0.2, 0.25) is 51.4 Å². The van der Waals surface area contributed by atoms with Crippen molar-refractivity contribution in [3.63, 3.8) is 0 Å². The molecule has 0 fully saturated rings. The van der Waals surface area contributed by atoms with Gasteiger partial charge in [0, 0.05) is 16.1 Å². The van der Waals surface area contributed by atoms with Gasteiger partial charge in [0.2, 0.25) is 6.33 Å². The van der Waals surface area contributed by atoms with Gasteiger partial charge in [0.15, 0.2) is 0 Å². The average Bonchev–Trinajstić information content (AvgIpc) is 3.03. The van der Waals surface area contributed by atoms with Gasteiger partial charge in [0.25, 0.3) is 0 Å². The highest BCUT2D eigenvalue weighted by Gasteiger charge is 2.13. The molecule has 29 heavy (non-hydrogen) atoms. The first-order valence-electron chi connectivity index (χ1n) is 11.2. The van der Waals surface area contributed by atoms with E-state index in [0.717, 1.165) is 13.1 Å². The molecule has 0 radical (unpaired) electrons. The number of benzene rings is 1. The quantitative estimate of drug-likeness (QED) is 0.168. The van der Waals surface area contributed by atoms with Crippen LogP contribution in [0.25, 0.3) is 0 Å². The van der Waals surface area contributed by atoms with E-state index in [9.17, 15) is 0 Å². The summed E-state index contributed by atoms with van der Waals surface area (Å²) in [4.78, 5) is 0. The Morgan fingerprint density at radius 2 is 1.34 bits per heavy atom. The summed E-state index contributed by atoms with van der Waals surface area (Å²) < 4.78 is 4.66. The molecular formula is C24H43IN2Si2. The average molecular weight is 543 g/mol. The Labute approximate surface area is 199 Å². The number of rotatable bonds is 12. The van der Waals surface area contributed by atoms with E-state index in [2.05, 4.69) is 91.4 Å². The monoisotopic (exact) mass is 542 g/mol. The maximum absolute atomic E-state index is 2.48. The Morgan fingerprint density at radius 3 is 1.97 bits per heavy atom. The van der Waals surface area contributed by atoms with Crippen molar-refractivity contribution >= 4 is 16.1 Å². The zero-order chi connectivity index (χ0) is 20.6. The summed E-state index contributed by atoms with van der Waals surface area (Å²) in [6, 6.07) is 12.1. The summed E-state index contributed by atoms with van der Waals surface area (Å²) in [5.74, 6) is 0. The van der Waals surface area contributed by atoms with Crippen molar-refractivity contribution in [1.29, 1.82) is 0 Å². The van der Waals surface area contributed by atoms with Crippen molar-refractivity contribution in [1.82, 2.24) is 4.57 Å². The maximum atomic E-state index is 2.48. The summed E-state index contributed by atoms with van der Waals surface area (Å²) in [7, 11) is -1.78. The molecule has 2 rings (SSSR count). The summed E-state index contributed by atoms with van der Waals surface area (Å²) in [5, 5.41) is 0. The lowest BCUT2D eigenvalue weighted by Crippen LogP contribution is -3.00. The highest BCUT2D eigenvalue weighted by atomic mass is 127. The Hall–Kier alpha value is -0.406. The van der Waals surface area contributed by atoms with Crippen LogP contribution in [0, 0.1) is 0 Å². The number of nitrogens with zero attached hydrogens (tertiary/aromatic N) is 2. The van der Waals surface area contributed by atoms with Gasteiger partial charge in [-0.3, -0.25) is 0 Å². The molecule has 0 saturated carbocycles. The van der Waals surface area contributed by atoms with Crippen molar-refractivity contribution in [2.75, 3.05) is 0 Å². The lowest BCUT2D eigenvalue weighted by Gasteiger charge is -2.15. The topological polar surface area (TPSA) is 8.81 Å². The molecule has 0 atom stereocenters. The lowest BCUT2D eigenvalue weighted by atomic mass is 10.1. The van der Waals surface area contributed by atoms with Gasteiger partial charge in [-0.25, -0.2) is 9.13 Å². The van der Waals surface area contributed by atoms with E-state index in [-0.39, 0.29) is 24.0 Å². The molecule has 5 heteroatoms. The number of hydrogen-bond acceptors (Lipinski definition) is 0. The first-order valence-corrected chi connectivity index (χ1v) is 18.6. The Kier molecular flexibility index (Phi) is 11.4. The lowest BCUT2D eigenvalue weighted by molar-refractivity contribution is -0.687. The number of hydrogen-bond donors (Lipinski definition) is 0. The van der Waals surface area contributed by atoms with Gasteiger partial charge in [-0.05, 0) is 30.4 Å². The fourth-order valence-electron chi connectivity index (χ4n) is 3.51. The maximum Gasteiger partial charge on any atom is 0.244 e. The second-order valence-electron chi connectivity index (χ2n) is 10.9. The number of unbranched alkanes of at least 4 members (excludes halogenated alkanes) is 3. The molecule has 164 valence electrons. The number of aryl methyl sites for hydroxylation is 2. The van der Waals surface area contributed by atoms with Gasteiger partial charge < -0.3 is 24.0 Å². The minimum atomic E-state index is -0.944. The molecule has 2 aromatic rings. The molecule has 0 N–H and O–H groups in total. The molecule has 0 aliphatic carbocycles. The Balaban J connectivity index is 0.00000420. The summed E-state index contributed by atoms with van der Waals surface area (Å²) in [6.45, 7) is 16.9. The summed E-state index contributed by atoms with van der Waals surface area (Å²) >= 11 is 0. The van der Waals surface area contributed by atoms with Gasteiger partial charge in [-0.1, -0.05) is 88.5 Å². The van der Waals surface area contributed by atoms with Crippen LogP contribution >= 0.6 is 0 Å². The molecule has 0 aliphatic rings. The van der Waals surface area contributed by atoms with E-state index in [0.29, 0.717) is 0 Å². The van der Waals surface area contributed by atoms with Gasteiger partial charge in [-0.15, -0.1) is 0 Å². The molecule has 0 spiro atoms. The normalized spacial score (nSPS) is 12.1. The van der Waals surface area contributed by atoms with Crippen molar-refractivity contribution < 1.29 is 28.5 Å². The smallest absolute Gasteiger partial charge is 0.244 e. The van der Waals surface area contributed by atoms with Gasteiger partial charge in [-0.2, -0.15) is 0 Å². The second kappa shape index (κ2) is 12.4. The van der Waals surface area contributed by atoms with Gasteiger partial charge in [0.05, 0.1) is 6.54 Å². The highest BCUT2D eigenvalue weighted by molar-refractivity contribution is 6.76. The van der Waals surface area contributed by atoms with Gasteiger partial charge >= 0.3 is 0 Å². The molecule has 0 amide bonds. The summed E-state index contributed by atoms with van der Waals surface area (Å²) in [5.41, 5.74) is 2.88. The van der Waals surface area contributed by atoms with Crippen LogP contribution in [0.4, 0.5) is 0 Å². The molecule has 0 saturated heterocycles. The molecule has 1 aromatic heterocycles. The van der Waals surface area contributed by atoms with Crippen LogP contribution in [-0.2, 0) is 19.5 Å². The largest absolute Gasteiger partial charge is 1.00 e. The molecule has 0 aliphatic heterocycles. The fraction of sp³-hybridized carbons (Fsp3) is 0.625. The number of halogens is 1. The van der Waals surface area contributed by atoms with Crippen molar-refractivity contribution in [2.45, 2.75) is 96.6 Å². The van der Waals surface area contributed by atoms with Crippen molar-refractivity contribution in [3.8, 4) is 0 Å². The molecule has 0 bridgehead atoms. The molecular weight excluding hydrogens is 499 g/mol. The van der Waals surface area contributed by atoms with Crippen LogP contribution in [0.5, 0.6) is 0 Å². The van der Waals surface area contributed by atoms with Crippen LogP contribution in [0.3, 0.4) is 0 Å². The highest BCUT2D eigenvalue weighted by Crippen LogP contribution is 2.15. The van der Waals surface area contributed by atoms with E-state index < -0.39 is 16.1 Å². The number of imidazole rings is 1. The molecule has 1 aromatic carbocycles. The number of aromatic nitrogens is 2. The van der Waals surface area contributed by atoms with Gasteiger partial charge in [0.1, 0.15) is 18.9 Å². The standard InChI is InChI=1S/C24H43N2Si2.HI/c1-27(2,3)19-10-8-7-9-16-25-17-18-26(22-25)21-24-13-11-23(12-14-24)15-20-28(4,5)6;/h11-14,17-18,22H,7-10,15-16,19-21H2,1-6H3;1H/q+1;/p-1. The van der Waals surface area contributed by atoms with E-state index in [1.54, 1.807) is 0 Å². The molecule has 1 heterocycles.